The summed E-state index contributed by atoms with van der Waals surface area (Å²) >= 11 is 0. The summed E-state index contributed by atoms with van der Waals surface area (Å²) in [4.78, 5) is 49.5. The summed E-state index contributed by atoms with van der Waals surface area (Å²) in [7, 11) is 0. The minimum atomic E-state index is -0.667. The van der Waals surface area contributed by atoms with Crippen LogP contribution in [0, 0.1) is 5.82 Å². The molecule has 0 spiro atoms. The second-order valence-electron chi connectivity index (χ2n) is 8.21. The molecule has 1 aromatic heterocycles. The van der Waals surface area contributed by atoms with E-state index in [1.807, 2.05) is 0 Å². The second kappa shape index (κ2) is 8.11. The number of allylic oxidation sites excluding steroid dienone is 2. The number of nitrogens with zero attached hydrogens (tertiary/aromatic N) is 1. The lowest BCUT2D eigenvalue weighted by atomic mass is 9.85. The number of imide groups is 1. The zero-order valence-corrected chi connectivity index (χ0v) is 17.8. The van der Waals surface area contributed by atoms with Gasteiger partial charge in [0.25, 0.3) is 17.4 Å². The van der Waals surface area contributed by atoms with Crippen molar-refractivity contribution in [2.45, 2.75) is 18.8 Å². The lowest BCUT2D eigenvalue weighted by Gasteiger charge is -2.24. The fourth-order valence-electron chi connectivity index (χ4n) is 4.43. The van der Waals surface area contributed by atoms with Crippen molar-refractivity contribution in [2.24, 2.45) is 0 Å². The normalized spacial score (nSPS) is 17.3. The summed E-state index contributed by atoms with van der Waals surface area (Å²) in [6.07, 6.45) is 2.31. The van der Waals surface area contributed by atoms with Crippen LogP contribution in [0.5, 0.6) is 0 Å². The molecule has 3 aromatic rings. The van der Waals surface area contributed by atoms with Gasteiger partial charge in [0.15, 0.2) is 5.78 Å². The van der Waals surface area contributed by atoms with Crippen LogP contribution in [0.4, 0.5) is 15.9 Å². The summed E-state index contributed by atoms with van der Waals surface area (Å²) < 4.78 is 14.5. The van der Waals surface area contributed by atoms with Gasteiger partial charge in [-0.2, -0.15) is 0 Å². The molecule has 1 unspecified atom stereocenters. The van der Waals surface area contributed by atoms with Crippen molar-refractivity contribution < 1.29 is 18.8 Å². The maximum absolute atomic E-state index is 13.3. The molecule has 1 atom stereocenters. The third-order valence-electron chi connectivity index (χ3n) is 5.98. The number of carbonyl (C=O) groups is 3. The largest absolute Gasteiger partial charge is 0.384 e. The van der Waals surface area contributed by atoms with Gasteiger partial charge in [-0.15, -0.1) is 0 Å². The molecule has 1 aliphatic heterocycles. The molecule has 0 saturated heterocycles. The average molecular weight is 458 g/mol. The van der Waals surface area contributed by atoms with Gasteiger partial charge in [-0.1, -0.05) is 24.3 Å². The minimum absolute atomic E-state index is 0.0529. The molecule has 0 bridgehead atoms. The summed E-state index contributed by atoms with van der Waals surface area (Å²) in [6, 6.07) is 14.0. The van der Waals surface area contributed by atoms with Gasteiger partial charge >= 0.3 is 0 Å². The van der Waals surface area contributed by atoms with Crippen molar-refractivity contribution in [3.8, 4) is 5.69 Å². The number of para-hydroxylation sites is 2. The van der Waals surface area contributed by atoms with Crippen LogP contribution in [0.3, 0.4) is 0 Å². The molecule has 2 aromatic carbocycles. The first-order chi connectivity index (χ1) is 16.3. The van der Waals surface area contributed by atoms with Crippen molar-refractivity contribution in [1.29, 1.82) is 0 Å². The Morgan fingerprint density at radius 1 is 0.971 bits per heavy atom. The van der Waals surface area contributed by atoms with E-state index < -0.39 is 17.4 Å². The Kier molecular flexibility index (Phi) is 5.09. The van der Waals surface area contributed by atoms with Crippen molar-refractivity contribution in [3.63, 3.8) is 0 Å². The molecule has 0 fully saturated rings. The lowest BCUT2D eigenvalue weighted by Crippen LogP contribution is -2.25. The van der Waals surface area contributed by atoms with E-state index in [9.17, 15) is 23.6 Å². The third kappa shape index (κ3) is 3.66. The Bertz CT molecular complexity index is 1460. The van der Waals surface area contributed by atoms with E-state index in [-0.39, 0.29) is 34.5 Å². The summed E-state index contributed by atoms with van der Waals surface area (Å²) in [5.41, 5.74) is 7.81. The number of pyridine rings is 1. The van der Waals surface area contributed by atoms with Crippen LogP contribution in [0.25, 0.3) is 5.69 Å². The number of nitrogens with one attached hydrogen (secondary N) is 2. The van der Waals surface area contributed by atoms with Crippen molar-refractivity contribution in [1.82, 2.24) is 9.88 Å². The van der Waals surface area contributed by atoms with Crippen LogP contribution < -0.4 is 21.9 Å². The molecule has 1 aliphatic carbocycles. The van der Waals surface area contributed by atoms with Crippen LogP contribution in [0.2, 0.25) is 0 Å². The van der Waals surface area contributed by atoms with E-state index in [0.717, 1.165) is 16.2 Å². The zero-order valence-electron chi connectivity index (χ0n) is 17.8. The number of benzene rings is 2. The standard InChI is InChI=1S/C25H19FN4O4/c26-15-7-5-13(6-8-15)14-9-16(11-17(31)10-14)28-19-3-1-2-4-20(19)30-21(32)12-18-22(23(30)27)25(34)29-24(18)33/h1-8,11-12,14,28H,9-10,27H2,(H,29,33,34). The van der Waals surface area contributed by atoms with E-state index >= 15 is 0 Å². The number of nitrogen functional groups attached to an aromatic ring is 1. The number of halogens is 1. The number of carbonyl (C=O) groups excluding carboxylic acids is 3. The fraction of sp³-hybridized carbons (Fsp3) is 0.120. The first-order valence-electron chi connectivity index (χ1n) is 10.6. The second-order valence-corrected chi connectivity index (χ2v) is 8.21. The van der Waals surface area contributed by atoms with E-state index in [1.54, 1.807) is 36.4 Å². The minimum Gasteiger partial charge on any atom is -0.384 e. The van der Waals surface area contributed by atoms with Crippen LogP contribution in [-0.2, 0) is 4.79 Å². The monoisotopic (exact) mass is 458 g/mol. The number of anilines is 2. The summed E-state index contributed by atoms with van der Waals surface area (Å²) in [6.45, 7) is 0. The van der Waals surface area contributed by atoms with Gasteiger partial charge in [-0.3, -0.25) is 29.1 Å². The smallest absolute Gasteiger partial charge is 0.262 e. The van der Waals surface area contributed by atoms with Gasteiger partial charge in [0.2, 0.25) is 0 Å². The molecule has 9 heteroatoms. The highest BCUT2D eigenvalue weighted by Crippen LogP contribution is 2.34. The van der Waals surface area contributed by atoms with Crippen LogP contribution in [0.15, 0.2) is 71.2 Å². The topological polar surface area (TPSA) is 123 Å². The van der Waals surface area contributed by atoms with Crippen molar-refractivity contribution in [2.75, 3.05) is 11.1 Å². The molecule has 0 radical (unpaired) electrons. The van der Waals surface area contributed by atoms with Gasteiger partial charge < -0.3 is 11.1 Å². The summed E-state index contributed by atoms with van der Waals surface area (Å²) in [5, 5.41) is 5.36. The zero-order chi connectivity index (χ0) is 24.0. The molecule has 4 N–H and O–H groups in total. The van der Waals surface area contributed by atoms with Crippen LogP contribution >= 0.6 is 0 Å². The molecule has 2 aliphatic rings. The number of aromatic nitrogens is 1. The first-order valence-corrected chi connectivity index (χ1v) is 10.6. The number of nitrogens with two attached hydrogens (primary N) is 1. The molecule has 2 amide bonds. The highest BCUT2D eigenvalue weighted by atomic mass is 19.1. The first kappa shape index (κ1) is 21.3. The highest BCUT2D eigenvalue weighted by molar-refractivity contribution is 6.23. The quantitative estimate of drug-likeness (QED) is 0.517. The Balaban J connectivity index is 1.52. The average Bonchev–Trinajstić information content (AvgIpc) is 3.08. The molecule has 5 rings (SSSR count). The van der Waals surface area contributed by atoms with Gasteiger partial charge in [0.1, 0.15) is 11.6 Å². The fourth-order valence-corrected chi connectivity index (χ4v) is 4.43. The maximum Gasteiger partial charge on any atom is 0.262 e. The van der Waals surface area contributed by atoms with Crippen LogP contribution in [0.1, 0.15) is 45.0 Å². The Hall–Kier alpha value is -4.53. The SMILES string of the molecule is Nc1c2c(cc(=O)n1-c1ccccc1NC1=CC(=O)CC(c3ccc(F)cc3)C1)C(=O)NC2=O. The molecule has 2 heterocycles. The number of hydrogen-bond acceptors (Lipinski definition) is 6. The molecule has 0 saturated carbocycles. The predicted molar refractivity (Wildman–Crippen MR) is 123 cm³/mol. The predicted octanol–water partition coefficient (Wildman–Crippen LogP) is 2.88. The molecule has 170 valence electrons. The lowest BCUT2D eigenvalue weighted by molar-refractivity contribution is -0.115. The maximum atomic E-state index is 13.3. The van der Waals surface area contributed by atoms with Gasteiger partial charge in [-0.25, -0.2) is 4.39 Å². The number of amides is 2. The van der Waals surface area contributed by atoms with Gasteiger partial charge in [0, 0.05) is 24.3 Å². The Morgan fingerprint density at radius 3 is 2.47 bits per heavy atom. The van der Waals surface area contributed by atoms with Crippen LogP contribution in [-0.4, -0.2) is 22.2 Å². The molecule has 8 nitrogen and oxygen atoms in total. The van der Waals surface area contributed by atoms with E-state index in [2.05, 4.69) is 10.6 Å². The highest BCUT2D eigenvalue weighted by Gasteiger charge is 2.32. The Labute approximate surface area is 192 Å². The number of rotatable bonds is 4. The van der Waals surface area contributed by atoms with Gasteiger partial charge in [0.05, 0.1) is 22.5 Å². The van der Waals surface area contributed by atoms with E-state index in [4.69, 9.17) is 5.73 Å². The van der Waals surface area contributed by atoms with Gasteiger partial charge in [-0.05, 0) is 42.2 Å². The molecule has 34 heavy (non-hydrogen) atoms. The van der Waals surface area contributed by atoms with Crippen molar-refractivity contribution in [3.05, 3.63) is 99.2 Å². The van der Waals surface area contributed by atoms with E-state index in [0.29, 0.717) is 29.9 Å². The molecular formula is C25H19FN4O4. The van der Waals surface area contributed by atoms with E-state index in [1.165, 1.54) is 18.2 Å². The van der Waals surface area contributed by atoms with Crippen molar-refractivity contribution >= 4 is 29.1 Å². The third-order valence-corrected chi connectivity index (χ3v) is 5.98. The Morgan fingerprint density at radius 2 is 1.71 bits per heavy atom. The number of hydrogen-bond donors (Lipinski definition) is 3. The number of fused-ring (bicyclic) bond motifs is 1. The molecular weight excluding hydrogens is 439 g/mol. The number of ketones is 1. The summed E-state index contributed by atoms with van der Waals surface area (Å²) in [5.74, 6) is -2.04.